The lowest BCUT2D eigenvalue weighted by atomic mass is 9.99. The van der Waals surface area contributed by atoms with E-state index >= 15 is 0 Å². The molecule has 0 radical (unpaired) electrons. The molecule has 0 fully saturated rings. The summed E-state index contributed by atoms with van der Waals surface area (Å²) >= 11 is 0.941. The summed E-state index contributed by atoms with van der Waals surface area (Å²) in [4.78, 5) is 53.6. The fourth-order valence-corrected chi connectivity index (χ4v) is 4.17. The molecule has 0 aliphatic rings. The predicted molar refractivity (Wildman–Crippen MR) is 139 cm³/mol. The van der Waals surface area contributed by atoms with Gasteiger partial charge in [-0.25, -0.2) is 14.6 Å². The van der Waals surface area contributed by atoms with Crippen LogP contribution in [0.15, 0.2) is 54.7 Å². The molecule has 2 heterocycles. The van der Waals surface area contributed by atoms with Gasteiger partial charge in [0, 0.05) is 5.56 Å². The topological polar surface area (TPSA) is 175 Å². The number of aromatic carboxylic acids is 1. The number of anilines is 2. The standard InChI is InChI=1S/C25H22N6O6S/c1-13-7-8-17(16(9-13)21(32)15-5-3-4-6-19(15)37-2)28-24(36)29-25-27-12-20(38-25)22(33)26-11-14-10-18(23(34)35)31-30-14/h3-10,12H,11H2,1-2H3,(H,26,33)(H,30,31)(H,34,35)(H2,27,28,29,36). The number of nitrogens with one attached hydrogen (secondary N) is 4. The minimum atomic E-state index is -1.18. The Morgan fingerprint density at radius 1 is 1.05 bits per heavy atom. The van der Waals surface area contributed by atoms with Gasteiger partial charge < -0.3 is 20.5 Å². The van der Waals surface area contributed by atoms with E-state index in [1.54, 1.807) is 42.5 Å². The molecule has 0 bridgehead atoms. The number of ketones is 1. The van der Waals surface area contributed by atoms with Crippen molar-refractivity contribution in [3.05, 3.63) is 87.7 Å². The lowest BCUT2D eigenvalue weighted by molar-refractivity contribution is 0.0690. The zero-order valence-corrected chi connectivity index (χ0v) is 21.0. The third-order valence-corrected chi connectivity index (χ3v) is 6.17. The van der Waals surface area contributed by atoms with Crippen LogP contribution in [0, 0.1) is 6.92 Å². The fourth-order valence-electron chi connectivity index (χ4n) is 3.44. The second-order valence-electron chi connectivity index (χ2n) is 7.95. The summed E-state index contributed by atoms with van der Waals surface area (Å²) in [5.41, 5.74) is 2.01. The van der Waals surface area contributed by atoms with E-state index in [1.807, 2.05) is 6.92 Å². The number of rotatable bonds is 9. The quantitative estimate of drug-likeness (QED) is 0.202. The van der Waals surface area contributed by atoms with Crippen LogP contribution < -0.4 is 20.7 Å². The number of carboxylic acids is 1. The van der Waals surface area contributed by atoms with Crippen LogP contribution in [-0.4, -0.2) is 51.1 Å². The molecular weight excluding hydrogens is 512 g/mol. The number of carbonyl (C=O) groups is 4. The van der Waals surface area contributed by atoms with Crippen molar-refractivity contribution in [2.45, 2.75) is 13.5 Å². The molecule has 4 aromatic rings. The first kappa shape index (κ1) is 26.0. The van der Waals surface area contributed by atoms with Crippen LogP contribution in [-0.2, 0) is 6.54 Å². The number of methoxy groups -OCH3 is 1. The summed E-state index contributed by atoms with van der Waals surface area (Å²) < 4.78 is 5.30. The largest absolute Gasteiger partial charge is 0.496 e. The summed E-state index contributed by atoms with van der Waals surface area (Å²) in [5, 5.41) is 23.1. The Bertz CT molecular complexity index is 1530. The highest BCUT2D eigenvalue weighted by Crippen LogP contribution is 2.26. The number of hydrogen-bond acceptors (Lipinski definition) is 8. The van der Waals surface area contributed by atoms with Crippen LogP contribution in [0.5, 0.6) is 5.75 Å². The molecular formula is C25H22N6O6S. The Balaban J connectivity index is 1.41. The number of benzene rings is 2. The van der Waals surface area contributed by atoms with Gasteiger partial charge in [-0.2, -0.15) is 5.10 Å². The molecule has 38 heavy (non-hydrogen) atoms. The van der Waals surface area contributed by atoms with Gasteiger partial charge in [-0.05, 0) is 37.3 Å². The van der Waals surface area contributed by atoms with E-state index < -0.39 is 17.9 Å². The monoisotopic (exact) mass is 534 g/mol. The van der Waals surface area contributed by atoms with Gasteiger partial charge >= 0.3 is 12.0 Å². The number of thiazole rings is 1. The van der Waals surface area contributed by atoms with Crippen LogP contribution in [0.3, 0.4) is 0 Å². The number of hydrogen-bond donors (Lipinski definition) is 5. The average molecular weight is 535 g/mol. The number of ether oxygens (including phenoxy) is 1. The lowest BCUT2D eigenvalue weighted by Gasteiger charge is -2.13. The molecule has 5 N–H and O–H groups in total. The maximum Gasteiger partial charge on any atom is 0.356 e. The summed E-state index contributed by atoms with van der Waals surface area (Å²) in [5.74, 6) is -1.55. The molecule has 2 aromatic heterocycles. The number of urea groups is 1. The number of para-hydroxylation sites is 1. The fraction of sp³-hybridized carbons (Fsp3) is 0.120. The van der Waals surface area contributed by atoms with Gasteiger partial charge in [0.25, 0.3) is 5.91 Å². The number of aromatic amines is 1. The highest BCUT2D eigenvalue weighted by molar-refractivity contribution is 7.17. The van der Waals surface area contributed by atoms with Crippen LogP contribution in [0.25, 0.3) is 0 Å². The van der Waals surface area contributed by atoms with Gasteiger partial charge in [0.15, 0.2) is 16.6 Å². The van der Waals surface area contributed by atoms with E-state index in [9.17, 15) is 19.2 Å². The van der Waals surface area contributed by atoms with Gasteiger partial charge in [0.2, 0.25) is 0 Å². The molecule has 2 aromatic carbocycles. The van der Waals surface area contributed by atoms with E-state index in [0.29, 0.717) is 22.7 Å². The van der Waals surface area contributed by atoms with Crippen LogP contribution >= 0.6 is 11.3 Å². The molecule has 194 valence electrons. The Hall–Kier alpha value is -5.04. The molecule has 12 nitrogen and oxygen atoms in total. The number of carbonyl (C=O) groups excluding carboxylic acids is 3. The summed E-state index contributed by atoms with van der Waals surface area (Å²) in [6.07, 6.45) is 1.30. The Labute approximate surface area is 220 Å². The van der Waals surface area contributed by atoms with E-state index in [-0.39, 0.29) is 33.6 Å². The number of aryl methyl sites for hydroxylation is 1. The van der Waals surface area contributed by atoms with E-state index in [4.69, 9.17) is 9.84 Å². The molecule has 0 unspecified atom stereocenters. The molecule has 13 heteroatoms. The van der Waals surface area contributed by atoms with Crippen molar-refractivity contribution < 1.29 is 29.0 Å². The van der Waals surface area contributed by atoms with Crippen LogP contribution in [0.1, 0.15) is 47.3 Å². The Kier molecular flexibility index (Phi) is 7.77. The maximum atomic E-state index is 13.3. The number of aromatic nitrogens is 3. The first-order valence-electron chi connectivity index (χ1n) is 11.1. The zero-order chi connectivity index (χ0) is 27.2. The van der Waals surface area contributed by atoms with E-state index in [0.717, 1.165) is 16.9 Å². The molecule has 0 saturated carbocycles. The highest BCUT2D eigenvalue weighted by atomic mass is 32.1. The Morgan fingerprint density at radius 3 is 2.58 bits per heavy atom. The second-order valence-corrected chi connectivity index (χ2v) is 8.98. The van der Waals surface area contributed by atoms with Crippen molar-refractivity contribution in [3.8, 4) is 5.75 Å². The van der Waals surface area contributed by atoms with Gasteiger partial charge in [-0.3, -0.25) is 20.0 Å². The third kappa shape index (κ3) is 6.02. The van der Waals surface area contributed by atoms with E-state index in [1.165, 1.54) is 19.4 Å². The SMILES string of the molecule is COc1ccccc1C(=O)c1cc(C)ccc1NC(=O)Nc1ncc(C(=O)NCc2cc(C(=O)O)n[nH]2)s1. The number of H-pyrrole nitrogens is 1. The van der Waals surface area contributed by atoms with Gasteiger partial charge in [-0.1, -0.05) is 35.1 Å². The van der Waals surface area contributed by atoms with Crippen LogP contribution in [0.4, 0.5) is 15.6 Å². The maximum absolute atomic E-state index is 13.3. The lowest BCUT2D eigenvalue weighted by Crippen LogP contribution is -2.22. The minimum absolute atomic E-state index is 0.0245. The van der Waals surface area contributed by atoms with Gasteiger partial charge in [0.1, 0.15) is 10.6 Å². The van der Waals surface area contributed by atoms with Gasteiger partial charge in [0.05, 0.1) is 36.8 Å². The molecule has 3 amide bonds. The van der Waals surface area contributed by atoms with Gasteiger partial charge in [-0.15, -0.1) is 0 Å². The van der Waals surface area contributed by atoms with Crippen molar-refractivity contribution in [3.63, 3.8) is 0 Å². The number of carboxylic acid groups (broad SMARTS) is 1. The highest BCUT2D eigenvalue weighted by Gasteiger charge is 2.20. The molecule has 0 aliphatic carbocycles. The first-order valence-corrected chi connectivity index (χ1v) is 11.9. The van der Waals surface area contributed by atoms with Crippen molar-refractivity contribution >= 4 is 45.8 Å². The van der Waals surface area contributed by atoms with Crippen molar-refractivity contribution in [2.75, 3.05) is 17.7 Å². The minimum Gasteiger partial charge on any atom is -0.496 e. The number of amides is 3. The normalized spacial score (nSPS) is 10.5. The van der Waals surface area contributed by atoms with Crippen molar-refractivity contribution in [1.29, 1.82) is 0 Å². The molecule has 4 rings (SSSR count). The predicted octanol–water partition coefficient (Wildman–Crippen LogP) is 3.69. The average Bonchev–Trinajstić information content (AvgIpc) is 3.58. The summed E-state index contributed by atoms with van der Waals surface area (Å²) in [6.45, 7) is 1.86. The first-order chi connectivity index (χ1) is 18.2. The molecule has 0 aliphatic heterocycles. The second kappa shape index (κ2) is 11.3. The third-order valence-electron chi connectivity index (χ3n) is 5.26. The summed E-state index contributed by atoms with van der Waals surface area (Å²) in [7, 11) is 1.48. The Morgan fingerprint density at radius 2 is 1.84 bits per heavy atom. The molecule has 0 saturated heterocycles. The zero-order valence-electron chi connectivity index (χ0n) is 20.2. The van der Waals surface area contributed by atoms with Crippen LogP contribution in [0.2, 0.25) is 0 Å². The number of nitrogens with zero attached hydrogens (tertiary/aromatic N) is 2. The molecule has 0 atom stereocenters. The van der Waals surface area contributed by atoms with Crippen molar-refractivity contribution in [1.82, 2.24) is 20.5 Å². The van der Waals surface area contributed by atoms with Crippen molar-refractivity contribution in [2.24, 2.45) is 0 Å². The smallest absolute Gasteiger partial charge is 0.356 e. The molecule has 0 spiro atoms. The summed E-state index contributed by atoms with van der Waals surface area (Å²) in [6, 6.07) is 12.5. The van der Waals surface area contributed by atoms with E-state index in [2.05, 4.69) is 31.1 Å².